The minimum atomic E-state index is -1.04. The number of benzene rings is 1. The molecule has 0 N–H and O–H groups in total. The molecular weight excluding hydrogens is 214 g/mol. The summed E-state index contributed by atoms with van der Waals surface area (Å²) in [5.74, 6) is -1.39. The SMILES string of the molecule is C[SiH](C)c1cc(F)c(F)cc1[SiH](C)C. The summed E-state index contributed by atoms with van der Waals surface area (Å²) in [4.78, 5) is 0. The highest BCUT2D eigenvalue weighted by atomic mass is 28.3. The molecule has 4 heteroatoms. The summed E-state index contributed by atoms with van der Waals surface area (Å²) in [5.41, 5.74) is 0. The monoisotopic (exact) mass is 230 g/mol. The second kappa shape index (κ2) is 4.36. The third kappa shape index (κ3) is 2.30. The maximum Gasteiger partial charge on any atom is 0.158 e. The van der Waals surface area contributed by atoms with Gasteiger partial charge in [0.1, 0.15) is 0 Å². The van der Waals surface area contributed by atoms with Gasteiger partial charge in [0.05, 0.1) is 17.6 Å². The Morgan fingerprint density at radius 1 is 0.786 bits per heavy atom. The van der Waals surface area contributed by atoms with Crippen molar-refractivity contribution >= 4 is 28.0 Å². The van der Waals surface area contributed by atoms with E-state index in [2.05, 4.69) is 26.2 Å². The summed E-state index contributed by atoms with van der Waals surface area (Å²) in [5, 5.41) is 2.20. The standard InChI is InChI=1S/C10H16F2Si2/c1-13(2)9-5-7(11)8(12)6-10(9)14(3)4/h5-6,13-14H,1-4H3. The summed E-state index contributed by atoms with van der Waals surface area (Å²) in [7, 11) is -2.09. The van der Waals surface area contributed by atoms with Gasteiger partial charge < -0.3 is 0 Å². The van der Waals surface area contributed by atoms with E-state index in [0.29, 0.717) is 0 Å². The third-order valence-corrected chi connectivity index (χ3v) is 6.19. The van der Waals surface area contributed by atoms with E-state index in [1.807, 2.05) is 0 Å². The largest absolute Gasteiger partial charge is 0.204 e. The molecule has 0 aliphatic carbocycles. The molecule has 0 nitrogen and oxygen atoms in total. The first-order valence-electron chi connectivity index (χ1n) is 4.92. The fourth-order valence-corrected chi connectivity index (χ4v) is 6.04. The topological polar surface area (TPSA) is 0 Å². The fourth-order valence-electron chi connectivity index (χ4n) is 1.58. The molecule has 0 radical (unpaired) electrons. The zero-order chi connectivity index (χ0) is 10.9. The molecule has 0 aliphatic rings. The van der Waals surface area contributed by atoms with Crippen molar-refractivity contribution < 1.29 is 8.78 Å². The molecule has 0 aliphatic heterocycles. The van der Waals surface area contributed by atoms with Crippen LogP contribution in [-0.4, -0.2) is 17.6 Å². The van der Waals surface area contributed by atoms with E-state index in [1.165, 1.54) is 12.1 Å². The van der Waals surface area contributed by atoms with E-state index in [0.717, 1.165) is 10.4 Å². The van der Waals surface area contributed by atoms with Crippen LogP contribution in [0.1, 0.15) is 0 Å². The second-order valence-corrected chi connectivity index (χ2v) is 10.1. The first-order valence-corrected chi connectivity index (χ1v) is 10.7. The summed E-state index contributed by atoms with van der Waals surface area (Å²) in [6.45, 7) is 8.58. The molecule has 78 valence electrons. The van der Waals surface area contributed by atoms with Gasteiger partial charge in [-0.1, -0.05) is 36.6 Å². The molecule has 1 aromatic rings. The predicted molar refractivity (Wildman–Crippen MR) is 63.4 cm³/mol. The smallest absolute Gasteiger partial charge is 0.158 e. The lowest BCUT2D eigenvalue weighted by molar-refractivity contribution is 0.510. The number of hydrogen-bond donors (Lipinski definition) is 0. The van der Waals surface area contributed by atoms with Crippen LogP contribution in [0.15, 0.2) is 12.1 Å². The van der Waals surface area contributed by atoms with Gasteiger partial charge in [-0.3, -0.25) is 0 Å². The van der Waals surface area contributed by atoms with Crippen molar-refractivity contribution in [3.05, 3.63) is 23.8 Å². The van der Waals surface area contributed by atoms with Crippen LogP contribution in [0.5, 0.6) is 0 Å². The van der Waals surface area contributed by atoms with Crippen LogP contribution in [0.25, 0.3) is 0 Å². The van der Waals surface area contributed by atoms with Crippen molar-refractivity contribution in [2.75, 3.05) is 0 Å². The molecule has 0 aromatic heterocycles. The average molecular weight is 230 g/mol. The van der Waals surface area contributed by atoms with E-state index in [4.69, 9.17) is 0 Å². The van der Waals surface area contributed by atoms with E-state index in [9.17, 15) is 8.78 Å². The van der Waals surface area contributed by atoms with Gasteiger partial charge in [-0.05, 0) is 12.1 Å². The van der Waals surface area contributed by atoms with E-state index in [1.54, 1.807) is 0 Å². The van der Waals surface area contributed by atoms with Gasteiger partial charge in [0, 0.05) is 0 Å². The molecule has 0 saturated carbocycles. The van der Waals surface area contributed by atoms with Gasteiger partial charge in [0.25, 0.3) is 0 Å². The Kier molecular flexibility index (Phi) is 3.61. The normalized spacial score (nSPS) is 11.4. The van der Waals surface area contributed by atoms with Crippen LogP contribution in [0, 0.1) is 11.6 Å². The average Bonchev–Trinajstić information content (AvgIpc) is 2.08. The number of rotatable bonds is 2. The maximum absolute atomic E-state index is 13.0. The van der Waals surface area contributed by atoms with Crippen molar-refractivity contribution in [1.29, 1.82) is 0 Å². The third-order valence-electron chi connectivity index (χ3n) is 2.37. The van der Waals surface area contributed by atoms with Crippen LogP contribution in [0.2, 0.25) is 26.2 Å². The van der Waals surface area contributed by atoms with Crippen LogP contribution < -0.4 is 10.4 Å². The summed E-state index contributed by atoms with van der Waals surface area (Å²) in [6, 6.07) is 2.82. The molecule has 0 bridgehead atoms. The Labute approximate surface area is 87.2 Å². The molecule has 0 heterocycles. The predicted octanol–water partition coefficient (Wildman–Crippen LogP) is 1.35. The lowest BCUT2D eigenvalue weighted by Crippen LogP contribution is -2.44. The van der Waals surface area contributed by atoms with E-state index < -0.39 is 29.2 Å². The zero-order valence-electron chi connectivity index (χ0n) is 9.07. The second-order valence-electron chi connectivity index (χ2n) is 4.20. The molecule has 0 atom stereocenters. The molecule has 0 fully saturated rings. The first kappa shape index (κ1) is 11.6. The summed E-state index contributed by atoms with van der Waals surface area (Å²) < 4.78 is 26.1. The van der Waals surface area contributed by atoms with E-state index in [-0.39, 0.29) is 0 Å². The van der Waals surface area contributed by atoms with Crippen LogP contribution in [0.3, 0.4) is 0 Å². The number of halogens is 2. The van der Waals surface area contributed by atoms with Crippen molar-refractivity contribution in [2.45, 2.75) is 26.2 Å². The highest BCUT2D eigenvalue weighted by Gasteiger charge is 2.15. The van der Waals surface area contributed by atoms with Crippen molar-refractivity contribution in [1.82, 2.24) is 0 Å². The lowest BCUT2D eigenvalue weighted by Gasteiger charge is -2.14. The van der Waals surface area contributed by atoms with Crippen LogP contribution in [0.4, 0.5) is 8.78 Å². The maximum atomic E-state index is 13.0. The Morgan fingerprint density at radius 2 is 1.07 bits per heavy atom. The van der Waals surface area contributed by atoms with Gasteiger partial charge in [-0.2, -0.15) is 0 Å². The highest BCUT2D eigenvalue weighted by molar-refractivity contribution is 6.82. The van der Waals surface area contributed by atoms with Crippen molar-refractivity contribution in [3.8, 4) is 0 Å². The van der Waals surface area contributed by atoms with Gasteiger partial charge in [0.15, 0.2) is 11.6 Å². The fraction of sp³-hybridized carbons (Fsp3) is 0.400. The van der Waals surface area contributed by atoms with Gasteiger partial charge in [-0.25, -0.2) is 8.78 Å². The van der Waals surface area contributed by atoms with Gasteiger partial charge >= 0.3 is 0 Å². The minimum absolute atomic E-state index is 0.695. The Balaban J connectivity index is 3.31. The van der Waals surface area contributed by atoms with Crippen LogP contribution >= 0.6 is 0 Å². The van der Waals surface area contributed by atoms with Gasteiger partial charge in [0.2, 0.25) is 0 Å². The molecule has 0 spiro atoms. The molecular formula is C10H16F2Si2. The first-order chi connectivity index (χ1) is 6.43. The zero-order valence-corrected chi connectivity index (χ0v) is 11.4. The molecule has 0 amide bonds. The molecule has 0 saturated heterocycles. The van der Waals surface area contributed by atoms with E-state index >= 15 is 0 Å². The quantitative estimate of drug-likeness (QED) is 0.673. The highest BCUT2D eigenvalue weighted by Crippen LogP contribution is 2.02. The lowest BCUT2D eigenvalue weighted by atomic mass is 10.3. The molecule has 0 unspecified atom stereocenters. The summed E-state index contributed by atoms with van der Waals surface area (Å²) >= 11 is 0. The number of hydrogen-bond acceptors (Lipinski definition) is 0. The Hall–Kier alpha value is -0.486. The summed E-state index contributed by atoms with van der Waals surface area (Å²) in [6.07, 6.45) is 0. The van der Waals surface area contributed by atoms with Crippen molar-refractivity contribution in [2.24, 2.45) is 0 Å². The minimum Gasteiger partial charge on any atom is -0.204 e. The Morgan fingerprint density at radius 3 is 1.29 bits per heavy atom. The van der Waals surface area contributed by atoms with Gasteiger partial charge in [-0.15, -0.1) is 0 Å². The molecule has 1 aromatic carbocycles. The Bertz CT molecular complexity index is 302. The van der Waals surface area contributed by atoms with Crippen LogP contribution in [-0.2, 0) is 0 Å². The molecule has 14 heavy (non-hydrogen) atoms. The van der Waals surface area contributed by atoms with Crippen molar-refractivity contribution in [3.63, 3.8) is 0 Å². The molecule has 1 rings (SSSR count).